The molecule has 3 rings (SSSR count). The van der Waals surface area contributed by atoms with Crippen LogP contribution in [0.4, 0.5) is 11.4 Å². The van der Waals surface area contributed by atoms with E-state index in [0.717, 1.165) is 19.4 Å². The second kappa shape index (κ2) is 6.70. The lowest BCUT2D eigenvalue weighted by atomic mass is 10.1. The summed E-state index contributed by atoms with van der Waals surface area (Å²) in [5.41, 5.74) is 0.635. The first kappa shape index (κ1) is 17.2. The van der Waals surface area contributed by atoms with Gasteiger partial charge in [0.05, 0.1) is 12.0 Å². The van der Waals surface area contributed by atoms with Gasteiger partial charge in [0.25, 0.3) is 11.6 Å². The molecule has 8 nitrogen and oxygen atoms in total. The van der Waals surface area contributed by atoms with Gasteiger partial charge < -0.3 is 15.0 Å². The molecule has 2 fully saturated rings. The van der Waals surface area contributed by atoms with E-state index in [1.54, 1.807) is 12.1 Å². The number of methoxy groups -OCH3 is 1. The number of hydrogen-bond donors (Lipinski definition) is 1. The standard InChI is InChI=1S/C17H21N3O5/c1-10(17(22)25-2)18-16(21)12-4-6-14(15(8-12)20(23)24)19-9-11-3-5-13(19)7-11/h4,6,8,10-11,13H,3,5,7,9H2,1-2H3,(H,18,21). The van der Waals surface area contributed by atoms with Crippen LogP contribution in [0.2, 0.25) is 0 Å². The monoisotopic (exact) mass is 347 g/mol. The Balaban J connectivity index is 1.83. The molecule has 3 atom stereocenters. The fraction of sp³-hybridized carbons (Fsp3) is 0.529. The molecule has 1 amide bonds. The van der Waals surface area contributed by atoms with Crippen LogP contribution in [0.15, 0.2) is 18.2 Å². The van der Waals surface area contributed by atoms with Gasteiger partial charge in [-0.3, -0.25) is 14.9 Å². The predicted molar refractivity (Wildman–Crippen MR) is 90.5 cm³/mol. The van der Waals surface area contributed by atoms with Crippen LogP contribution in [0, 0.1) is 16.0 Å². The Labute approximate surface area is 145 Å². The number of rotatable bonds is 5. The number of carbonyl (C=O) groups is 2. The number of ether oxygens (including phenoxy) is 1. The van der Waals surface area contributed by atoms with Crippen LogP contribution in [0.3, 0.4) is 0 Å². The first-order valence-electron chi connectivity index (χ1n) is 8.34. The Hall–Kier alpha value is -2.64. The number of carbonyl (C=O) groups excluding carboxylic acids is 2. The average molecular weight is 347 g/mol. The third-order valence-electron chi connectivity index (χ3n) is 5.06. The molecule has 8 heteroatoms. The van der Waals surface area contributed by atoms with Crippen LogP contribution in [-0.2, 0) is 9.53 Å². The van der Waals surface area contributed by atoms with E-state index in [0.29, 0.717) is 17.6 Å². The van der Waals surface area contributed by atoms with Crippen molar-refractivity contribution in [2.45, 2.75) is 38.3 Å². The summed E-state index contributed by atoms with van der Waals surface area (Å²) in [6.07, 6.45) is 3.32. The van der Waals surface area contributed by atoms with E-state index < -0.39 is 22.8 Å². The zero-order chi connectivity index (χ0) is 18.1. The van der Waals surface area contributed by atoms with Gasteiger partial charge >= 0.3 is 5.97 Å². The van der Waals surface area contributed by atoms with Crippen LogP contribution in [0.5, 0.6) is 0 Å². The molecule has 25 heavy (non-hydrogen) atoms. The Kier molecular flexibility index (Phi) is 4.61. The molecule has 1 N–H and O–H groups in total. The summed E-state index contributed by atoms with van der Waals surface area (Å²) in [7, 11) is 1.23. The molecule has 1 aliphatic heterocycles. The quantitative estimate of drug-likeness (QED) is 0.496. The first-order chi connectivity index (χ1) is 11.9. The summed E-state index contributed by atoms with van der Waals surface area (Å²) in [5.74, 6) is -0.517. The van der Waals surface area contributed by atoms with Gasteiger partial charge in [-0.2, -0.15) is 0 Å². The maximum atomic E-state index is 12.3. The molecule has 0 radical (unpaired) electrons. The van der Waals surface area contributed by atoms with E-state index in [4.69, 9.17) is 0 Å². The van der Waals surface area contributed by atoms with Crippen molar-refractivity contribution in [1.82, 2.24) is 5.32 Å². The highest BCUT2D eigenvalue weighted by molar-refractivity contribution is 5.98. The van der Waals surface area contributed by atoms with Crippen LogP contribution < -0.4 is 10.2 Å². The number of benzene rings is 1. The highest BCUT2D eigenvalue weighted by Gasteiger charge is 2.40. The van der Waals surface area contributed by atoms with E-state index >= 15 is 0 Å². The lowest BCUT2D eigenvalue weighted by Crippen LogP contribution is -2.39. The topological polar surface area (TPSA) is 102 Å². The first-order valence-corrected chi connectivity index (χ1v) is 8.34. The fourth-order valence-electron chi connectivity index (χ4n) is 3.79. The molecule has 1 aliphatic carbocycles. The highest BCUT2D eigenvalue weighted by atomic mass is 16.6. The minimum Gasteiger partial charge on any atom is -0.467 e. The van der Waals surface area contributed by atoms with E-state index in [9.17, 15) is 19.7 Å². The molecule has 1 saturated carbocycles. The minimum atomic E-state index is -0.828. The van der Waals surface area contributed by atoms with Gasteiger partial charge in [-0.25, -0.2) is 4.79 Å². The highest BCUT2D eigenvalue weighted by Crippen LogP contribution is 2.43. The molecule has 2 aliphatic rings. The van der Waals surface area contributed by atoms with Gasteiger partial charge in [-0.1, -0.05) is 0 Å². The zero-order valence-electron chi connectivity index (χ0n) is 14.2. The maximum absolute atomic E-state index is 12.3. The van der Waals surface area contributed by atoms with E-state index in [2.05, 4.69) is 15.0 Å². The van der Waals surface area contributed by atoms with Crippen molar-refractivity contribution in [2.75, 3.05) is 18.6 Å². The van der Waals surface area contributed by atoms with Crippen LogP contribution in [-0.4, -0.2) is 42.5 Å². The number of nitrogens with one attached hydrogen (secondary N) is 1. The number of esters is 1. The number of nitrogens with zero attached hydrogens (tertiary/aromatic N) is 2. The van der Waals surface area contributed by atoms with Crippen molar-refractivity contribution in [3.63, 3.8) is 0 Å². The van der Waals surface area contributed by atoms with Crippen molar-refractivity contribution in [2.24, 2.45) is 5.92 Å². The summed E-state index contributed by atoms with van der Waals surface area (Å²) in [4.78, 5) is 36.8. The normalized spacial score (nSPS) is 22.6. The minimum absolute atomic E-state index is 0.0779. The van der Waals surface area contributed by atoms with Crippen LogP contribution in [0.1, 0.15) is 36.5 Å². The van der Waals surface area contributed by atoms with Gasteiger partial charge in [-0.15, -0.1) is 0 Å². The van der Waals surface area contributed by atoms with Crippen molar-refractivity contribution < 1.29 is 19.2 Å². The van der Waals surface area contributed by atoms with Gasteiger partial charge in [0.2, 0.25) is 0 Å². The number of nitro benzene ring substituents is 1. The molecule has 1 aromatic carbocycles. The Morgan fingerprint density at radius 1 is 1.40 bits per heavy atom. The van der Waals surface area contributed by atoms with Crippen molar-refractivity contribution in [3.05, 3.63) is 33.9 Å². The van der Waals surface area contributed by atoms with Crippen molar-refractivity contribution >= 4 is 23.3 Å². The largest absolute Gasteiger partial charge is 0.467 e. The molecular weight excluding hydrogens is 326 g/mol. The van der Waals surface area contributed by atoms with Crippen molar-refractivity contribution in [3.8, 4) is 0 Å². The van der Waals surface area contributed by atoms with Crippen LogP contribution >= 0.6 is 0 Å². The molecule has 1 aromatic rings. The molecule has 2 bridgehead atoms. The summed E-state index contributed by atoms with van der Waals surface area (Å²) >= 11 is 0. The number of fused-ring (bicyclic) bond motifs is 2. The Morgan fingerprint density at radius 3 is 2.72 bits per heavy atom. The van der Waals surface area contributed by atoms with Gasteiger partial charge in [0.15, 0.2) is 0 Å². The zero-order valence-corrected chi connectivity index (χ0v) is 14.2. The molecule has 1 heterocycles. The molecule has 0 spiro atoms. The van der Waals surface area contributed by atoms with Crippen LogP contribution in [0.25, 0.3) is 0 Å². The summed E-state index contributed by atoms with van der Waals surface area (Å²) in [6, 6.07) is 4.00. The Morgan fingerprint density at radius 2 is 2.16 bits per heavy atom. The number of amides is 1. The van der Waals surface area contributed by atoms with E-state index in [1.165, 1.54) is 26.5 Å². The second-order valence-electron chi connectivity index (χ2n) is 6.66. The number of hydrogen-bond acceptors (Lipinski definition) is 6. The van der Waals surface area contributed by atoms with Gasteiger partial charge in [0, 0.05) is 24.2 Å². The maximum Gasteiger partial charge on any atom is 0.328 e. The summed E-state index contributed by atoms with van der Waals surface area (Å²) in [6.45, 7) is 2.32. The Bertz CT molecular complexity index is 720. The molecule has 134 valence electrons. The summed E-state index contributed by atoms with van der Waals surface area (Å²) < 4.78 is 4.56. The molecular formula is C17H21N3O5. The second-order valence-corrected chi connectivity index (χ2v) is 6.66. The van der Waals surface area contributed by atoms with Crippen molar-refractivity contribution in [1.29, 1.82) is 0 Å². The number of anilines is 1. The summed E-state index contributed by atoms with van der Waals surface area (Å²) in [5, 5.41) is 14.0. The molecule has 3 unspecified atom stereocenters. The van der Waals surface area contributed by atoms with Gasteiger partial charge in [0.1, 0.15) is 11.7 Å². The predicted octanol–water partition coefficient (Wildman–Crippen LogP) is 1.87. The number of nitro groups is 1. The van der Waals surface area contributed by atoms with E-state index in [-0.39, 0.29) is 11.3 Å². The van der Waals surface area contributed by atoms with Gasteiger partial charge in [-0.05, 0) is 44.2 Å². The SMILES string of the molecule is COC(=O)C(C)NC(=O)c1ccc(N2CC3CCC2C3)c([N+](=O)[O-])c1. The third kappa shape index (κ3) is 3.29. The smallest absolute Gasteiger partial charge is 0.328 e. The third-order valence-corrected chi connectivity index (χ3v) is 5.06. The fourth-order valence-corrected chi connectivity index (χ4v) is 3.79. The lowest BCUT2D eigenvalue weighted by Gasteiger charge is -2.28. The lowest BCUT2D eigenvalue weighted by molar-refractivity contribution is -0.384. The molecule has 0 aromatic heterocycles. The van der Waals surface area contributed by atoms with E-state index in [1.807, 2.05) is 0 Å². The number of piperidine rings is 1. The average Bonchev–Trinajstić information content (AvgIpc) is 3.23. The molecule has 1 saturated heterocycles.